The zero-order valence-corrected chi connectivity index (χ0v) is 20.9. The molecule has 202 valence electrons. The highest BCUT2D eigenvalue weighted by atomic mass is 16.8. The molecule has 0 spiro atoms. The molecular weight excluding hydrogens is 508 g/mol. The Bertz CT molecular complexity index is 1300. The van der Waals surface area contributed by atoms with Gasteiger partial charge >= 0.3 is 5.97 Å². The van der Waals surface area contributed by atoms with Crippen molar-refractivity contribution in [3.05, 3.63) is 106 Å². The molecule has 39 heavy (non-hydrogen) atoms. The van der Waals surface area contributed by atoms with Gasteiger partial charge in [-0.2, -0.15) is 0 Å². The minimum absolute atomic E-state index is 0.0938. The van der Waals surface area contributed by atoms with Gasteiger partial charge < -0.3 is 29.0 Å². The summed E-state index contributed by atoms with van der Waals surface area (Å²) in [6, 6.07) is 22.2. The minimum Gasteiger partial charge on any atom is -0.463 e. The topological polar surface area (TPSA) is 135 Å². The van der Waals surface area contributed by atoms with E-state index in [-0.39, 0.29) is 18.0 Å². The molecule has 0 bridgehead atoms. The molecule has 1 N–H and O–H groups in total. The maximum absolute atomic E-state index is 13.2. The standard InChI is InChI=1S/C28H26N2O9/c1-17(31)29-23-25(38-26(32)18-8-4-2-5-9-18)24-22(16-35-27(39-24)19-10-6-3-7-11-19)37-28(23)36-21-14-12-20(13-15-21)30(33)34/h2-15,22-25,27-28H,16H2,1H3,(H,29,31)/t22-,23-,24+,25-,27?,28+/m1/s1. The van der Waals surface area contributed by atoms with Gasteiger partial charge in [0.15, 0.2) is 12.4 Å². The zero-order valence-electron chi connectivity index (χ0n) is 20.9. The number of carbonyl (C=O) groups excluding carboxylic acids is 2. The number of ether oxygens (including phenoxy) is 5. The number of rotatable bonds is 7. The Labute approximate surface area is 223 Å². The van der Waals surface area contributed by atoms with Crippen molar-refractivity contribution >= 4 is 17.6 Å². The Morgan fingerprint density at radius 3 is 2.26 bits per heavy atom. The number of esters is 1. The Morgan fingerprint density at radius 2 is 1.62 bits per heavy atom. The highest BCUT2D eigenvalue weighted by molar-refractivity contribution is 5.89. The fraction of sp³-hybridized carbons (Fsp3) is 0.286. The van der Waals surface area contributed by atoms with Crippen LogP contribution in [-0.2, 0) is 23.7 Å². The van der Waals surface area contributed by atoms with Crippen molar-refractivity contribution in [2.24, 2.45) is 0 Å². The van der Waals surface area contributed by atoms with Crippen molar-refractivity contribution < 1.29 is 38.2 Å². The van der Waals surface area contributed by atoms with Crippen LogP contribution in [0.15, 0.2) is 84.9 Å². The lowest BCUT2D eigenvalue weighted by atomic mass is 9.95. The molecule has 11 heteroatoms. The number of fused-ring (bicyclic) bond motifs is 1. The van der Waals surface area contributed by atoms with E-state index < -0.39 is 53.7 Å². The van der Waals surface area contributed by atoms with Crippen LogP contribution in [0.5, 0.6) is 5.75 Å². The SMILES string of the molecule is CC(=O)N[C@H]1[C@@H](Oc2ccc([N+](=O)[O-])cc2)O[C@@H]2COC(c3ccccc3)O[C@@H]2[C@@H]1OC(=O)c1ccccc1. The Balaban J connectivity index is 1.46. The van der Waals surface area contributed by atoms with Crippen LogP contribution < -0.4 is 10.1 Å². The summed E-state index contributed by atoms with van der Waals surface area (Å²) < 4.78 is 30.4. The largest absolute Gasteiger partial charge is 0.463 e. The van der Waals surface area contributed by atoms with Crippen LogP contribution in [0, 0.1) is 10.1 Å². The van der Waals surface area contributed by atoms with Crippen molar-refractivity contribution in [2.75, 3.05) is 6.61 Å². The molecule has 11 nitrogen and oxygen atoms in total. The molecule has 0 radical (unpaired) electrons. The Morgan fingerprint density at radius 1 is 0.949 bits per heavy atom. The average molecular weight is 535 g/mol. The molecule has 2 aliphatic rings. The van der Waals surface area contributed by atoms with Crippen molar-refractivity contribution in [1.82, 2.24) is 5.32 Å². The van der Waals surface area contributed by atoms with Crippen LogP contribution >= 0.6 is 0 Å². The first-order valence-electron chi connectivity index (χ1n) is 12.3. The summed E-state index contributed by atoms with van der Waals surface area (Å²) in [5, 5.41) is 13.8. The summed E-state index contributed by atoms with van der Waals surface area (Å²) in [6.45, 7) is 1.42. The van der Waals surface area contributed by atoms with E-state index in [1.54, 1.807) is 30.3 Å². The number of nitrogens with zero attached hydrogens (tertiary/aromatic N) is 1. The van der Waals surface area contributed by atoms with Crippen molar-refractivity contribution in [1.29, 1.82) is 0 Å². The van der Waals surface area contributed by atoms with Crippen molar-refractivity contribution in [3.63, 3.8) is 0 Å². The smallest absolute Gasteiger partial charge is 0.338 e. The van der Waals surface area contributed by atoms with Crippen LogP contribution in [-0.4, -0.2) is 54.1 Å². The van der Waals surface area contributed by atoms with E-state index in [0.717, 1.165) is 5.56 Å². The first-order chi connectivity index (χ1) is 18.9. The number of carbonyl (C=O) groups is 2. The fourth-order valence-electron chi connectivity index (χ4n) is 4.53. The van der Waals surface area contributed by atoms with Crippen molar-refractivity contribution in [2.45, 2.75) is 43.9 Å². The molecular formula is C28H26N2O9. The highest BCUT2D eigenvalue weighted by Crippen LogP contribution is 2.36. The van der Waals surface area contributed by atoms with Crippen LogP contribution in [0.3, 0.4) is 0 Å². The zero-order chi connectivity index (χ0) is 27.4. The lowest BCUT2D eigenvalue weighted by molar-refractivity contribution is -0.384. The lowest BCUT2D eigenvalue weighted by Gasteiger charge is -2.48. The number of amides is 1. The third-order valence-electron chi connectivity index (χ3n) is 6.33. The summed E-state index contributed by atoms with van der Waals surface area (Å²) in [5.41, 5.74) is 0.979. The fourth-order valence-corrected chi connectivity index (χ4v) is 4.53. The second-order valence-corrected chi connectivity index (χ2v) is 9.05. The van der Waals surface area contributed by atoms with E-state index in [9.17, 15) is 19.7 Å². The van der Waals surface area contributed by atoms with Gasteiger partial charge in [-0.15, -0.1) is 0 Å². The number of hydrogen-bond donors (Lipinski definition) is 1. The predicted molar refractivity (Wildman–Crippen MR) is 136 cm³/mol. The van der Waals surface area contributed by atoms with Gasteiger partial charge in [0.2, 0.25) is 12.2 Å². The van der Waals surface area contributed by atoms with E-state index in [2.05, 4.69) is 5.32 Å². The molecule has 6 atom stereocenters. The maximum Gasteiger partial charge on any atom is 0.338 e. The molecule has 0 saturated carbocycles. The first kappa shape index (κ1) is 26.3. The number of hydrogen-bond acceptors (Lipinski definition) is 9. The molecule has 3 aromatic rings. The number of non-ortho nitro benzene ring substituents is 1. The van der Waals surface area contributed by atoms with Gasteiger partial charge in [-0.25, -0.2) is 4.79 Å². The normalized spacial score (nSPS) is 26.1. The lowest BCUT2D eigenvalue weighted by Crippen LogP contribution is -2.68. The Hall–Kier alpha value is -4.32. The first-order valence-corrected chi connectivity index (χ1v) is 12.3. The van der Waals surface area contributed by atoms with Crippen molar-refractivity contribution in [3.8, 4) is 5.75 Å². The predicted octanol–water partition coefficient (Wildman–Crippen LogP) is 3.54. The van der Waals surface area contributed by atoms with Crippen LogP contribution in [0.1, 0.15) is 29.1 Å². The van der Waals surface area contributed by atoms with E-state index >= 15 is 0 Å². The number of nitrogens with one attached hydrogen (secondary N) is 1. The molecule has 2 aliphatic heterocycles. The van der Waals surface area contributed by atoms with Gasteiger partial charge in [-0.05, 0) is 24.3 Å². The van der Waals surface area contributed by atoms with E-state index in [1.165, 1.54) is 31.2 Å². The van der Waals surface area contributed by atoms with Gasteiger partial charge in [0.1, 0.15) is 24.0 Å². The minimum atomic E-state index is -1.13. The van der Waals surface area contributed by atoms with E-state index in [1.807, 2.05) is 30.3 Å². The van der Waals surface area contributed by atoms with E-state index in [0.29, 0.717) is 5.56 Å². The third-order valence-corrected chi connectivity index (χ3v) is 6.33. The molecule has 0 aromatic heterocycles. The summed E-state index contributed by atoms with van der Waals surface area (Å²) in [4.78, 5) is 36.0. The van der Waals surface area contributed by atoms with Gasteiger partial charge in [0.25, 0.3) is 5.69 Å². The molecule has 2 saturated heterocycles. The van der Waals surface area contributed by atoms with Crippen LogP contribution in [0.25, 0.3) is 0 Å². The molecule has 0 aliphatic carbocycles. The summed E-state index contributed by atoms with van der Waals surface area (Å²) in [6.07, 6.45) is -4.44. The van der Waals surface area contributed by atoms with Gasteiger partial charge in [0.05, 0.1) is 17.1 Å². The monoisotopic (exact) mass is 534 g/mol. The van der Waals surface area contributed by atoms with Crippen LogP contribution in [0.2, 0.25) is 0 Å². The second-order valence-electron chi connectivity index (χ2n) is 9.05. The Kier molecular flexibility index (Phi) is 7.82. The van der Waals surface area contributed by atoms with Crippen LogP contribution in [0.4, 0.5) is 5.69 Å². The molecule has 2 fully saturated rings. The van der Waals surface area contributed by atoms with Gasteiger partial charge in [0, 0.05) is 24.6 Å². The average Bonchev–Trinajstić information content (AvgIpc) is 2.95. The molecule has 3 aromatic carbocycles. The summed E-state index contributed by atoms with van der Waals surface area (Å²) in [5.74, 6) is -0.767. The van der Waals surface area contributed by atoms with Gasteiger partial charge in [-0.3, -0.25) is 14.9 Å². The molecule has 5 rings (SSSR count). The second kappa shape index (κ2) is 11.6. The van der Waals surface area contributed by atoms with E-state index in [4.69, 9.17) is 23.7 Å². The maximum atomic E-state index is 13.2. The highest BCUT2D eigenvalue weighted by Gasteiger charge is 2.53. The number of nitro groups is 1. The quantitative estimate of drug-likeness (QED) is 0.274. The van der Waals surface area contributed by atoms with Gasteiger partial charge in [-0.1, -0.05) is 48.5 Å². The number of benzene rings is 3. The molecule has 1 unspecified atom stereocenters. The summed E-state index contributed by atoms with van der Waals surface area (Å²) in [7, 11) is 0. The molecule has 2 heterocycles. The third kappa shape index (κ3) is 6.06. The summed E-state index contributed by atoms with van der Waals surface area (Å²) >= 11 is 0. The molecule has 1 amide bonds. The number of nitro benzene ring substituents is 1.